The molecule has 0 bridgehead atoms. The molecule has 0 fully saturated rings. The van der Waals surface area contributed by atoms with E-state index in [1.54, 1.807) is 0 Å². The van der Waals surface area contributed by atoms with E-state index in [0.717, 1.165) is 32.1 Å². The third-order valence-electron chi connectivity index (χ3n) is 3.62. The van der Waals surface area contributed by atoms with Gasteiger partial charge in [0.25, 0.3) is 10.1 Å². The number of unbranched alkanes of at least 4 members (excludes halogenated alkanes) is 5. The first kappa shape index (κ1) is 20.2. The van der Waals surface area contributed by atoms with Crippen molar-refractivity contribution < 1.29 is 18.1 Å². The number of thiol groups is 1. The maximum absolute atomic E-state index is 10.9. The molecule has 0 amide bonds. The normalized spacial score (nSPS) is 15.2. The summed E-state index contributed by atoms with van der Waals surface area (Å²) in [5.41, 5.74) is 0. The Hall–Kier alpha value is 0.220. The molecule has 6 heteroatoms. The molecule has 0 aromatic rings. The second-order valence-corrected chi connectivity index (χ2v) is 8.13. The predicted octanol–water partition coefficient (Wildman–Crippen LogP) is 3.46. The van der Waals surface area contributed by atoms with Crippen LogP contribution in [-0.2, 0) is 10.1 Å². The third kappa shape index (κ3) is 12.0. The molecule has 1 atom stereocenters. The van der Waals surface area contributed by atoms with Gasteiger partial charge in [0.2, 0.25) is 0 Å². The minimum Gasteiger partial charge on any atom is -0.396 e. The predicted molar refractivity (Wildman–Crippen MR) is 87.1 cm³/mol. The summed E-state index contributed by atoms with van der Waals surface area (Å²) in [5, 5.41) is 8.83. The first-order valence-corrected chi connectivity index (χ1v) is 9.67. The highest BCUT2D eigenvalue weighted by Crippen LogP contribution is 2.32. The van der Waals surface area contributed by atoms with Crippen LogP contribution in [0, 0.1) is 0 Å². The van der Waals surface area contributed by atoms with Gasteiger partial charge in [-0.1, -0.05) is 39.0 Å². The van der Waals surface area contributed by atoms with Crippen LogP contribution in [-0.4, -0.2) is 35.2 Å². The van der Waals surface area contributed by atoms with Crippen molar-refractivity contribution in [3.05, 3.63) is 0 Å². The minimum atomic E-state index is -3.93. The molecule has 0 saturated heterocycles. The molecule has 4 nitrogen and oxygen atoms in total. The highest BCUT2D eigenvalue weighted by molar-refractivity contribution is 7.86. The minimum absolute atomic E-state index is 0.151. The van der Waals surface area contributed by atoms with E-state index in [0.29, 0.717) is 12.8 Å². The van der Waals surface area contributed by atoms with Crippen molar-refractivity contribution >= 4 is 22.7 Å². The van der Waals surface area contributed by atoms with Gasteiger partial charge >= 0.3 is 0 Å². The van der Waals surface area contributed by atoms with E-state index < -0.39 is 10.1 Å². The van der Waals surface area contributed by atoms with Crippen LogP contribution in [0.4, 0.5) is 0 Å². The van der Waals surface area contributed by atoms with Crippen LogP contribution in [0.2, 0.25) is 0 Å². The van der Waals surface area contributed by atoms with Crippen LogP contribution < -0.4 is 0 Å². The maximum atomic E-state index is 10.9. The average Bonchev–Trinajstić information content (AvgIpc) is 2.36. The summed E-state index contributed by atoms with van der Waals surface area (Å²) in [4.78, 5) is 0. The van der Waals surface area contributed by atoms with Gasteiger partial charge in [0.05, 0.1) is 5.75 Å². The largest absolute Gasteiger partial charge is 0.396 e. The van der Waals surface area contributed by atoms with Crippen molar-refractivity contribution in [2.45, 2.75) is 75.9 Å². The lowest BCUT2D eigenvalue weighted by Crippen LogP contribution is -2.25. The van der Waals surface area contributed by atoms with E-state index in [9.17, 15) is 8.42 Å². The molecule has 0 rings (SSSR count). The van der Waals surface area contributed by atoms with Gasteiger partial charge < -0.3 is 5.11 Å². The van der Waals surface area contributed by atoms with Crippen LogP contribution in [0.15, 0.2) is 0 Å². The molecular weight excluding hydrogens is 296 g/mol. The van der Waals surface area contributed by atoms with Crippen molar-refractivity contribution in [2.24, 2.45) is 0 Å². The molecule has 0 aromatic heterocycles. The van der Waals surface area contributed by atoms with Gasteiger partial charge in [0, 0.05) is 11.4 Å². The lowest BCUT2D eigenvalue weighted by Gasteiger charge is -2.28. The van der Waals surface area contributed by atoms with Crippen molar-refractivity contribution in [3.8, 4) is 0 Å². The zero-order valence-corrected chi connectivity index (χ0v) is 14.3. The van der Waals surface area contributed by atoms with Crippen LogP contribution in [0.25, 0.3) is 0 Å². The van der Waals surface area contributed by atoms with E-state index in [1.807, 2.05) is 0 Å². The lowest BCUT2D eigenvalue weighted by atomic mass is 9.91. The molecule has 1 unspecified atom stereocenters. The first-order chi connectivity index (χ1) is 9.33. The van der Waals surface area contributed by atoms with Gasteiger partial charge in [0.15, 0.2) is 0 Å². The second kappa shape index (κ2) is 10.9. The molecule has 0 saturated carbocycles. The molecule has 20 heavy (non-hydrogen) atoms. The molecule has 0 aliphatic heterocycles. The van der Waals surface area contributed by atoms with Crippen LogP contribution in [0.5, 0.6) is 0 Å². The van der Waals surface area contributed by atoms with E-state index in [2.05, 4.69) is 19.6 Å². The Bertz CT molecular complexity index is 330. The van der Waals surface area contributed by atoms with Gasteiger partial charge in [-0.25, -0.2) is 0 Å². The highest BCUT2D eigenvalue weighted by atomic mass is 32.2. The van der Waals surface area contributed by atoms with Gasteiger partial charge in [-0.3, -0.25) is 4.55 Å². The molecule has 2 N–H and O–H groups in total. The number of rotatable bonds is 13. The Balaban J connectivity index is 4.22. The molecule has 0 aliphatic carbocycles. The number of hydrogen-bond acceptors (Lipinski definition) is 4. The molecule has 0 radical (unpaired) electrons. The fourth-order valence-corrected chi connectivity index (χ4v) is 3.55. The molecule has 0 aliphatic rings. The number of aliphatic hydroxyl groups excluding tert-OH is 1. The van der Waals surface area contributed by atoms with Crippen LogP contribution in [0.3, 0.4) is 0 Å². The summed E-state index contributed by atoms with van der Waals surface area (Å²) >= 11 is 4.67. The van der Waals surface area contributed by atoms with Gasteiger partial charge in [-0.15, -0.1) is 0 Å². The smallest absolute Gasteiger partial charge is 0.264 e. The standard InChI is InChI=1S/C14H30O4S2/c1-2-3-4-5-6-9-14(19,10-7-8-12-15)11-13-20(16,17)18/h15,19H,2-13H2,1H3,(H,16,17,18). The van der Waals surface area contributed by atoms with E-state index >= 15 is 0 Å². The summed E-state index contributed by atoms with van der Waals surface area (Å²) in [6.45, 7) is 2.32. The monoisotopic (exact) mass is 326 g/mol. The lowest BCUT2D eigenvalue weighted by molar-refractivity contribution is 0.278. The SMILES string of the molecule is CCCCCCCC(S)(CCCCO)CCS(=O)(=O)O. The van der Waals surface area contributed by atoms with Crippen molar-refractivity contribution in [3.63, 3.8) is 0 Å². The Morgan fingerprint density at radius 2 is 1.50 bits per heavy atom. The van der Waals surface area contributed by atoms with E-state index in [4.69, 9.17) is 9.66 Å². The maximum Gasteiger partial charge on any atom is 0.264 e. The quantitative estimate of drug-likeness (QED) is 0.275. The molecule has 122 valence electrons. The van der Waals surface area contributed by atoms with Crippen LogP contribution >= 0.6 is 12.6 Å². The summed E-state index contributed by atoms with van der Waals surface area (Å²) in [5.74, 6) is -0.232. The molecule has 0 heterocycles. The van der Waals surface area contributed by atoms with Crippen LogP contribution in [0.1, 0.15) is 71.1 Å². The van der Waals surface area contributed by atoms with Gasteiger partial charge in [0.1, 0.15) is 0 Å². The zero-order chi connectivity index (χ0) is 15.5. The Kier molecular flexibility index (Phi) is 11.0. The molecule has 0 spiro atoms. The third-order valence-corrected chi connectivity index (χ3v) is 5.01. The number of hydrogen-bond donors (Lipinski definition) is 3. The summed E-state index contributed by atoms with van der Waals surface area (Å²) < 4.78 is 30.4. The first-order valence-electron chi connectivity index (χ1n) is 7.61. The Labute approximate surface area is 129 Å². The van der Waals surface area contributed by atoms with E-state index in [-0.39, 0.29) is 17.1 Å². The summed E-state index contributed by atoms with van der Waals surface area (Å²) in [6.07, 6.45) is 9.37. The molecule has 0 aromatic carbocycles. The van der Waals surface area contributed by atoms with Crippen molar-refractivity contribution in [1.29, 1.82) is 0 Å². The van der Waals surface area contributed by atoms with Gasteiger partial charge in [-0.05, 0) is 32.1 Å². The topological polar surface area (TPSA) is 74.6 Å². The number of aliphatic hydroxyl groups is 1. The molecular formula is C14H30O4S2. The fourth-order valence-electron chi connectivity index (χ4n) is 2.32. The zero-order valence-electron chi connectivity index (χ0n) is 12.6. The Morgan fingerprint density at radius 1 is 0.950 bits per heavy atom. The summed E-state index contributed by atoms with van der Waals surface area (Å²) in [6, 6.07) is 0. The Morgan fingerprint density at radius 3 is 2.00 bits per heavy atom. The highest BCUT2D eigenvalue weighted by Gasteiger charge is 2.26. The second-order valence-electron chi connectivity index (χ2n) is 5.61. The van der Waals surface area contributed by atoms with E-state index in [1.165, 1.54) is 19.3 Å². The van der Waals surface area contributed by atoms with Crippen molar-refractivity contribution in [1.82, 2.24) is 0 Å². The van der Waals surface area contributed by atoms with Crippen molar-refractivity contribution in [2.75, 3.05) is 12.4 Å². The average molecular weight is 327 g/mol. The fraction of sp³-hybridized carbons (Fsp3) is 1.00. The summed E-state index contributed by atoms with van der Waals surface area (Å²) in [7, 11) is -3.93. The van der Waals surface area contributed by atoms with Gasteiger partial charge in [-0.2, -0.15) is 21.0 Å².